The van der Waals surface area contributed by atoms with Crippen molar-refractivity contribution >= 4 is 15.9 Å². The summed E-state index contributed by atoms with van der Waals surface area (Å²) in [6, 6.07) is 0.726. The number of halogens is 6. The Hall–Kier alpha value is -0.920. The Labute approximate surface area is 95.2 Å². The molecular weight excluding hydrogens is 301 g/mol. The second kappa shape index (κ2) is 4.52. The zero-order valence-corrected chi connectivity index (χ0v) is 9.11. The quantitative estimate of drug-likeness (QED) is 0.668. The van der Waals surface area contributed by atoms with E-state index in [1.54, 1.807) is 0 Å². The van der Waals surface area contributed by atoms with Crippen LogP contribution in [0.3, 0.4) is 0 Å². The molecule has 0 amide bonds. The summed E-state index contributed by atoms with van der Waals surface area (Å²) in [5.74, 6) is -1.13. The molecule has 0 saturated carbocycles. The molecule has 0 aliphatic carbocycles. The minimum atomic E-state index is -4.97. The number of hydrogen-bond donors (Lipinski definition) is 1. The van der Waals surface area contributed by atoms with Crippen molar-refractivity contribution in [3.63, 3.8) is 0 Å². The molecule has 0 bridgehead atoms. The van der Waals surface area contributed by atoms with Crippen LogP contribution in [0.2, 0.25) is 0 Å². The second-order valence-electron chi connectivity index (χ2n) is 2.84. The van der Waals surface area contributed by atoms with Gasteiger partial charge in [-0.2, -0.15) is 13.2 Å². The van der Waals surface area contributed by atoms with E-state index in [1.165, 1.54) is 0 Å². The van der Waals surface area contributed by atoms with E-state index in [9.17, 15) is 27.1 Å². The molecule has 0 aromatic carbocycles. The van der Waals surface area contributed by atoms with Crippen molar-refractivity contribution in [2.45, 2.75) is 17.9 Å². The SMILES string of the molecule is Oc1c(CBr)cc(C(F)F)nc1C(F)(F)F. The monoisotopic (exact) mass is 305 g/mol. The van der Waals surface area contributed by atoms with E-state index >= 15 is 0 Å². The van der Waals surface area contributed by atoms with Crippen LogP contribution in [-0.4, -0.2) is 10.1 Å². The van der Waals surface area contributed by atoms with Gasteiger partial charge in [0.1, 0.15) is 11.4 Å². The number of aromatic nitrogens is 1. The number of hydrogen-bond acceptors (Lipinski definition) is 2. The molecule has 0 atom stereocenters. The highest BCUT2D eigenvalue weighted by Crippen LogP contribution is 2.38. The van der Waals surface area contributed by atoms with Crippen molar-refractivity contribution in [3.8, 4) is 5.75 Å². The lowest BCUT2D eigenvalue weighted by molar-refractivity contribution is -0.142. The van der Waals surface area contributed by atoms with E-state index in [1.807, 2.05) is 0 Å². The van der Waals surface area contributed by atoms with Gasteiger partial charge in [-0.05, 0) is 6.07 Å². The molecule has 0 saturated heterocycles. The first-order valence-corrected chi connectivity index (χ1v) is 5.03. The highest BCUT2D eigenvalue weighted by Gasteiger charge is 2.38. The lowest BCUT2D eigenvalue weighted by atomic mass is 10.2. The summed E-state index contributed by atoms with van der Waals surface area (Å²) in [6.45, 7) is 0. The molecule has 90 valence electrons. The van der Waals surface area contributed by atoms with E-state index in [0.29, 0.717) is 0 Å². The number of rotatable bonds is 2. The highest BCUT2D eigenvalue weighted by atomic mass is 79.9. The van der Waals surface area contributed by atoms with Gasteiger partial charge in [0.25, 0.3) is 6.43 Å². The van der Waals surface area contributed by atoms with E-state index in [0.717, 1.165) is 6.07 Å². The van der Waals surface area contributed by atoms with Crippen molar-refractivity contribution in [3.05, 3.63) is 23.0 Å². The Kier molecular flexibility index (Phi) is 3.72. The molecule has 1 N–H and O–H groups in total. The summed E-state index contributed by atoms with van der Waals surface area (Å²) in [6.07, 6.45) is -8.09. The smallest absolute Gasteiger partial charge is 0.437 e. The normalized spacial score (nSPS) is 12.2. The fourth-order valence-corrected chi connectivity index (χ4v) is 1.45. The minimum absolute atomic E-state index is 0.176. The standard InChI is InChI=1S/C8H5BrF5NO/c9-2-3-1-4(7(10)11)15-6(5(3)16)8(12,13)14/h1,7,16H,2H2. The first-order chi connectivity index (χ1) is 7.27. The van der Waals surface area contributed by atoms with Gasteiger partial charge in [0.15, 0.2) is 5.69 Å². The third kappa shape index (κ3) is 2.60. The molecule has 0 aliphatic rings. The maximum Gasteiger partial charge on any atom is 0.437 e. The van der Waals surface area contributed by atoms with Crippen molar-refractivity contribution in [2.75, 3.05) is 0 Å². The summed E-state index contributed by atoms with van der Waals surface area (Å²) in [5, 5.41) is 9.00. The largest absolute Gasteiger partial charge is 0.505 e. The molecule has 1 rings (SSSR count). The van der Waals surface area contributed by atoms with Crippen molar-refractivity contribution in [2.24, 2.45) is 0 Å². The molecule has 8 heteroatoms. The van der Waals surface area contributed by atoms with Crippen LogP contribution in [-0.2, 0) is 11.5 Å². The predicted octanol–water partition coefficient (Wildman–Crippen LogP) is 3.64. The topological polar surface area (TPSA) is 33.1 Å². The van der Waals surface area contributed by atoms with Gasteiger partial charge in [-0.15, -0.1) is 0 Å². The fourth-order valence-electron chi connectivity index (χ4n) is 1.02. The lowest BCUT2D eigenvalue weighted by Crippen LogP contribution is -2.11. The summed E-state index contributed by atoms with van der Waals surface area (Å²) in [7, 11) is 0. The molecule has 0 fully saturated rings. The first-order valence-electron chi connectivity index (χ1n) is 3.91. The number of aromatic hydroxyl groups is 1. The Bertz CT molecular complexity index is 393. The zero-order valence-electron chi connectivity index (χ0n) is 7.52. The van der Waals surface area contributed by atoms with Gasteiger partial charge >= 0.3 is 6.18 Å². The van der Waals surface area contributed by atoms with Gasteiger partial charge in [0, 0.05) is 10.9 Å². The zero-order chi connectivity index (χ0) is 12.5. The highest BCUT2D eigenvalue weighted by molar-refractivity contribution is 9.08. The van der Waals surface area contributed by atoms with E-state index in [2.05, 4.69) is 20.9 Å². The predicted molar refractivity (Wildman–Crippen MR) is 48.5 cm³/mol. The van der Waals surface area contributed by atoms with Gasteiger partial charge < -0.3 is 5.11 Å². The van der Waals surface area contributed by atoms with Crippen LogP contribution < -0.4 is 0 Å². The summed E-state index contributed by atoms with van der Waals surface area (Å²) >= 11 is 2.79. The van der Waals surface area contributed by atoms with Crippen LogP contribution in [0, 0.1) is 0 Å². The molecule has 1 heterocycles. The van der Waals surface area contributed by atoms with E-state index < -0.39 is 29.7 Å². The molecule has 2 nitrogen and oxygen atoms in total. The second-order valence-corrected chi connectivity index (χ2v) is 3.40. The van der Waals surface area contributed by atoms with Crippen LogP contribution in [0.5, 0.6) is 5.75 Å². The summed E-state index contributed by atoms with van der Waals surface area (Å²) < 4.78 is 61.5. The van der Waals surface area contributed by atoms with Gasteiger partial charge in [0.2, 0.25) is 0 Å². The minimum Gasteiger partial charge on any atom is -0.505 e. The van der Waals surface area contributed by atoms with Crippen LogP contribution >= 0.6 is 15.9 Å². The molecule has 0 radical (unpaired) electrons. The van der Waals surface area contributed by atoms with Crippen LogP contribution in [0.15, 0.2) is 6.07 Å². The third-order valence-corrected chi connectivity index (χ3v) is 2.33. The molecule has 0 spiro atoms. The summed E-state index contributed by atoms with van der Waals surface area (Å²) in [5.41, 5.74) is -2.99. The Balaban J connectivity index is 3.42. The molecule has 1 aromatic heterocycles. The average molecular weight is 306 g/mol. The van der Waals surface area contributed by atoms with Gasteiger partial charge in [0.05, 0.1) is 0 Å². The van der Waals surface area contributed by atoms with Gasteiger partial charge in [-0.1, -0.05) is 15.9 Å². The Morgan fingerprint density at radius 3 is 2.31 bits per heavy atom. The van der Waals surface area contributed by atoms with Crippen LogP contribution in [0.25, 0.3) is 0 Å². The molecule has 0 aliphatic heterocycles. The molecular formula is C8H5BrF5NO. The van der Waals surface area contributed by atoms with Crippen LogP contribution in [0.1, 0.15) is 23.4 Å². The van der Waals surface area contributed by atoms with Gasteiger partial charge in [-0.3, -0.25) is 0 Å². The first kappa shape index (κ1) is 13.1. The van der Waals surface area contributed by atoms with Crippen LogP contribution in [0.4, 0.5) is 22.0 Å². The van der Waals surface area contributed by atoms with Gasteiger partial charge in [-0.25, -0.2) is 13.8 Å². The Morgan fingerprint density at radius 1 is 1.38 bits per heavy atom. The van der Waals surface area contributed by atoms with E-state index in [4.69, 9.17) is 0 Å². The lowest BCUT2D eigenvalue weighted by Gasteiger charge is -2.12. The third-order valence-electron chi connectivity index (χ3n) is 1.73. The number of nitrogens with zero attached hydrogens (tertiary/aromatic N) is 1. The maximum atomic E-state index is 12.3. The van der Waals surface area contributed by atoms with E-state index in [-0.39, 0.29) is 10.9 Å². The van der Waals surface area contributed by atoms with Crippen molar-refractivity contribution in [1.29, 1.82) is 0 Å². The van der Waals surface area contributed by atoms with Crippen molar-refractivity contribution in [1.82, 2.24) is 4.98 Å². The number of alkyl halides is 6. The fraction of sp³-hybridized carbons (Fsp3) is 0.375. The molecule has 1 aromatic rings. The van der Waals surface area contributed by atoms with Crippen molar-refractivity contribution < 1.29 is 27.1 Å². The average Bonchev–Trinajstić information content (AvgIpc) is 2.15. The summed E-state index contributed by atoms with van der Waals surface area (Å²) in [4.78, 5) is 2.71. The Morgan fingerprint density at radius 2 is 1.94 bits per heavy atom. The molecule has 16 heavy (non-hydrogen) atoms. The number of pyridine rings is 1. The molecule has 0 unspecified atom stereocenters. The maximum absolute atomic E-state index is 12.3.